The smallest absolute Gasteiger partial charge is 0.129 e. The van der Waals surface area contributed by atoms with E-state index in [4.69, 9.17) is 0 Å². The minimum Gasteiger partial charge on any atom is -0.383 e. The number of aryl methyl sites for hydroxylation is 1. The van der Waals surface area contributed by atoms with E-state index in [2.05, 4.69) is 10.2 Å². The Balaban J connectivity index is 2.41. The lowest BCUT2D eigenvalue weighted by atomic mass is 10.0. The summed E-state index contributed by atoms with van der Waals surface area (Å²) in [5.41, 5.74) is 1.74. The number of halogens is 1. The van der Waals surface area contributed by atoms with Gasteiger partial charge in [-0.2, -0.15) is 5.10 Å². The Morgan fingerprint density at radius 2 is 2.27 bits per heavy atom. The van der Waals surface area contributed by atoms with Gasteiger partial charge in [0.25, 0.3) is 0 Å². The number of H-pyrrole nitrogens is 1. The van der Waals surface area contributed by atoms with Crippen molar-refractivity contribution in [2.45, 2.75) is 13.0 Å². The fourth-order valence-electron chi connectivity index (χ4n) is 1.46. The first-order valence-electron chi connectivity index (χ1n) is 4.61. The third kappa shape index (κ3) is 1.89. The summed E-state index contributed by atoms with van der Waals surface area (Å²) in [4.78, 5) is 0. The summed E-state index contributed by atoms with van der Waals surface area (Å²) in [6.07, 6.45) is 2.06. The van der Waals surface area contributed by atoms with Crippen LogP contribution < -0.4 is 0 Å². The molecule has 0 aliphatic rings. The topological polar surface area (TPSA) is 48.9 Å². The first-order chi connectivity index (χ1) is 7.18. The highest BCUT2D eigenvalue weighted by atomic mass is 19.1. The van der Waals surface area contributed by atoms with E-state index in [1.807, 2.05) is 6.92 Å². The molecule has 1 heterocycles. The Morgan fingerprint density at radius 1 is 1.47 bits per heavy atom. The van der Waals surface area contributed by atoms with E-state index in [1.54, 1.807) is 18.3 Å². The van der Waals surface area contributed by atoms with Gasteiger partial charge < -0.3 is 5.11 Å². The third-order valence-electron chi connectivity index (χ3n) is 2.28. The molecule has 0 saturated carbocycles. The van der Waals surface area contributed by atoms with Gasteiger partial charge in [0, 0.05) is 17.3 Å². The highest BCUT2D eigenvalue weighted by molar-refractivity contribution is 5.31. The molecular weight excluding hydrogens is 195 g/mol. The summed E-state index contributed by atoms with van der Waals surface area (Å²) < 4.78 is 13.4. The minimum atomic E-state index is -0.969. The molecule has 2 aromatic rings. The van der Waals surface area contributed by atoms with Gasteiger partial charge in [-0.3, -0.25) is 5.10 Å². The maximum absolute atomic E-state index is 13.4. The molecule has 0 aliphatic heterocycles. The number of aliphatic hydroxyl groups is 1. The predicted octanol–water partition coefficient (Wildman–Crippen LogP) is 1.94. The number of nitrogens with one attached hydrogen (secondary N) is 1. The Bertz CT molecular complexity index is 454. The molecule has 0 spiro atoms. The summed E-state index contributed by atoms with van der Waals surface area (Å²) in [6.45, 7) is 1.85. The third-order valence-corrected chi connectivity index (χ3v) is 2.28. The van der Waals surface area contributed by atoms with Crippen LogP contribution >= 0.6 is 0 Å². The maximum atomic E-state index is 13.4. The first kappa shape index (κ1) is 9.86. The second kappa shape index (κ2) is 3.82. The van der Waals surface area contributed by atoms with Gasteiger partial charge in [0.15, 0.2) is 0 Å². The van der Waals surface area contributed by atoms with Crippen molar-refractivity contribution < 1.29 is 9.50 Å². The normalized spacial score (nSPS) is 12.7. The van der Waals surface area contributed by atoms with Crippen LogP contribution in [0.5, 0.6) is 0 Å². The van der Waals surface area contributed by atoms with Crippen LogP contribution in [0.1, 0.15) is 22.8 Å². The largest absolute Gasteiger partial charge is 0.383 e. The van der Waals surface area contributed by atoms with Gasteiger partial charge in [-0.15, -0.1) is 0 Å². The number of hydrogen-bond donors (Lipinski definition) is 2. The second-order valence-corrected chi connectivity index (χ2v) is 3.46. The predicted molar refractivity (Wildman–Crippen MR) is 53.8 cm³/mol. The lowest BCUT2D eigenvalue weighted by Gasteiger charge is -2.10. The number of nitrogens with zero attached hydrogens (tertiary/aromatic N) is 1. The van der Waals surface area contributed by atoms with Crippen molar-refractivity contribution in [1.82, 2.24) is 10.2 Å². The van der Waals surface area contributed by atoms with Gasteiger partial charge in [0.1, 0.15) is 11.9 Å². The molecule has 2 N–H and O–H groups in total. The van der Waals surface area contributed by atoms with Gasteiger partial charge >= 0.3 is 0 Å². The fraction of sp³-hybridized carbons (Fsp3) is 0.182. The van der Waals surface area contributed by atoms with Gasteiger partial charge in [0.05, 0.1) is 6.20 Å². The van der Waals surface area contributed by atoms with Crippen LogP contribution in [0.25, 0.3) is 0 Å². The van der Waals surface area contributed by atoms with Crippen LogP contribution in [0.4, 0.5) is 4.39 Å². The quantitative estimate of drug-likeness (QED) is 0.788. The summed E-state index contributed by atoms with van der Waals surface area (Å²) in [5.74, 6) is -0.408. The van der Waals surface area contributed by atoms with Crippen molar-refractivity contribution in [2.24, 2.45) is 0 Å². The maximum Gasteiger partial charge on any atom is 0.129 e. The van der Waals surface area contributed by atoms with Gasteiger partial charge in [0.2, 0.25) is 0 Å². The molecular formula is C11H11FN2O. The number of hydrogen-bond acceptors (Lipinski definition) is 2. The molecule has 0 aliphatic carbocycles. The highest BCUT2D eigenvalue weighted by Crippen LogP contribution is 2.24. The number of aromatic nitrogens is 2. The highest BCUT2D eigenvalue weighted by Gasteiger charge is 2.15. The Hall–Kier alpha value is -1.68. The first-order valence-corrected chi connectivity index (χ1v) is 4.61. The van der Waals surface area contributed by atoms with Crippen molar-refractivity contribution in [2.75, 3.05) is 0 Å². The van der Waals surface area contributed by atoms with E-state index in [-0.39, 0.29) is 5.56 Å². The van der Waals surface area contributed by atoms with E-state index in [0.717, 1.165) is 5.56 Å². The molecule has 1 aromatic heterocycles. The van der Waals surface area contributed by atoms with E-state index >= 15 is 0 Å². The zero-order valence-electron chi connectivity index (χ0n) is 8.24. The van der Waals surface area contributed by atoms with Gasteiger partial charge in [-0.25, -0.2) is 4.39 Å². The molecule has 3 nitrogen and oxygen atoms in total. The van der Waals surface area contributed by atoms with Crippen LogP contribution in [-0.2, 0) is 0 Å². The van der Waals surface area contributed by atoms with Crippen molar-refractivity contribution in [1.29, 1.82) is 0 Å². The minimum absolute atomic E-state index is 0.274. The zero-order valence-corrected chi connectivity index (χ0v) is 8.24. The monoisotopic (exact) mass is 206 g/mol. The Morgan fingerprint density at radius 3 is 2.93 bits per heavy atom. The molecule has 1 unspecified atom stereocenters. The second-order valence-electron chi connectivity index (χ2n) is 3.46. The summed E-state index contributed by atoms with van der Waals surface area (Å²) in [6, 6.07) is 4.65. The van der Waals surface area contributed by atoms with E-state index in [0.29, 0.717) is 5.56 Å². The summed E-state index contributed by atoms with van der Waals surface area (Å²) in [5, 5.41) is 16.2. The van der Waals surface area contributed by atoms with Crippen molar-refractivity contribution in [3.05, 3.63) is 53.1 Å². The SMILES string of the molecule is Cc1ccc(F)c(C(O)c2cn[nH]c2)c1. The fourth-order valence-corrected chi connectivity index (χ4v) is 1.46. The lowest BCUT2D eigenvalue weighted by molar-refractivity contribution is 0.215. The van der Waals surface area contributed by atoms with Crippen LogP contribution in [0.15, 0.2) is 30.6 Å². The van der Waals surface area contributed by atoms with Gasteiger partial charge in [-0.1, -0.05) is 17.7 Å². The van der Waals surface area contributed by atoms with Crippen molar-refractivity contribution in [3.8, 4) is 0 Å². The number of aliphatic hydroxyl groups excluding tert-OH is 1. The molecule has 1 atom stereocenters. The summed E-state index contributed by atoms with van der Waals surface area (Å²) in [7, 11) is 0. The standard InChI is InChI=1S/C11H11FN2O/c1-7-2-3-10(12)9(4-7)11(15)8-5-13-14-6-8/h2-6,11,15H,1H3,(H,13,14). The molecule has 0 bridgehead atoms. The van der Waals surface area contributed by atoms with Crippen LogP contribution in [0, 0.1) is 12.7 Å². The molecule has 15 heavy (non-hydrogen) atoms. The van der Waals surface area contributed by atoms with Crippen LogP contribution in [0.3, 0.4) is 0 Å². The number of rotatable bonds is 2. The average molecular weight is 206 g/mol. The van der Waals surface area contributed by atoms with Crippen LogP contribution in [0.2, 0.25) is 0 Å². The van der Waals surface area contributed by atoms with Crippen molar-refractivity contribution in [3.63, 3.8) is 0 Å². The van der Waals surface area contributed by atoms with Crippen molar-refractivity contribution >= 4 is 0 Å². The van der Waals surface area contributed by atoms with E-state index in [9.17, 15) is 9.50 Å². The van der Waals surface area contributed by atoms with Crippen LogP contribution in [-0.4, -0.2) is 15.3 Å². The molecule has 0 saturated heterocycles. The molecule has 4 heteroatoms. The molecule has 0 fully saturated rings. The molecule has 0 radical (unpaired) electrons. The van der Waals surface area contributed by atoms with E-state index < -0.39 is 11.9 Å². The molecule has 78 valence electrons. The zero-order chi connectivity index (χ0) is 10.8. The Labute approximate surface area is 86.6 Å². The Kier molecular flexibility index (Phi) is 2.51. The van der Waals surface area contributed by atoms with Gasteiger partial charge in [-0.05, 0) is 13.0 Å². The average Bonchev–Trinajstić information content (AvgIpc) is 2.74. The molecule has 0 amide bonds. The molecule has 2 rings (SSSR count). The van der Waals surface area contributed by atoms with E-state index in [1.165, 1.54) is 12.3 Å². The lowest BCUT2D eigenvalue weighted by Crippen LogP contribution is -2.01. The molecule has 1 aromatic carbocycles. The number of aromatic amines is 1. The number of benzene rings is 1. The summed E-state index contributed by atoms with van der Waals surface area (Å²) >= 11 is 0.